The van der Waals surface area contributed by atoms with Crippen LogP contribution in [-0.2, 0) is 0 Å². The Morgan fingerprint density at radius 2 is 2.43 bits per heavy atom. The van der Waals surface area contributed by atoms with Gasteiger partial charge in [0.05, 0.1) is 0 Å². The van der Waals surface area contributed by atoms with Crippen molar-refractivity contribution in [2.75, 3.05) is 17.7 Å². The molecular formula is C11H17N3. The summed E-state index contributed by atoms with van der Waals surface area (Å²) in [5.41, 5.74) is 1.17. The summed E-state index contributed by atoms with van der Waals surface area (Å²) in [6.07, 6.45) is 4.42. The quantitative estimate of drug-likeness (QED) is 0.767. The second kappa shape index (κ2) is 3.86. The van der Waals surface area contributed by atoms with Gasteiger partial charge in [-0.05, 0) is 18.4 Å². The molecule has 1 saturated carbocycles. The van der Waals surface area contributed by atoms with E-state index in [-0.39, 0.29) is 0 Å². The van der Waals surface area contributed by atoms with E-state index >= 15 is 0 Å². The van der Waals surface area contributed by atoms with E-state index in [1.54, 1.807) is 0 Å². The summed E-state index contributed by atoms with van der Waals surface area (Å²) in [5.74, 6) is 1.80. The van der Waals surface area contributed by atoms with E-state index < -0.39 is 0 Å². The van der Waals surface area contributed by atoms with Crippen LogP contribution >= 0.6 is 0 Å². The van der Waals surface area contributed by atoms with Gasteiger partial charge in [-0.1, -0.05) is 13.3 Å². The zero-order valence-electron chi connectivity index (χ0n) is 8.75. The first-order valence-corrected chi connectivity index (χ1v) is 5.24. The van der Waals surface area contributed by atoms with E-state index in [9.17, 15) is 0 Å². The van der Waals surface area contributed by atoms with Crippen molar-refractivity contribution in [1.82, 2.24) is 4.98 Å². The Kier molecular flexibility index (Phi) is 2.57. The Bertz CT molecular complexity index is 311. The minimum atomic E-state index is 0.687. The van der Waals surface area contributed by atoms with Crippen molar-refractivity contribution in [1.29, 1.82) is 0 Å². The molecule has 0 amide bonds. The first kappa shape index (κ1) is 9.31. The largest absolute Gasteiger partial charge is 0.382 e. The van der Waals surface area contributed by atoms with E-state index in [4.69, 9.17) is 0 Å². The number of anilines is 2. The molecule has 3 heteroatoms. The maximum absolute atomic E-state index is 4.17. The number of hydrogen-bond acceptors (Lipinski definition) is 3. The number of nitrogens with zero attached hydrogens (tertiary/aromatic N) is 1. The van der Waals surface area contributed by atoms with Crippen LogP contribution in [0.5, 0.6) is 0 Å². The Hall–Kier alpha value is -1.25. The monoisotopic (exact) mass is 191 g/mol. The highest BCUT2D eigenvalue weighted by Crippen LogP contribution is 2.36. The summed E-state index contributed by atoms with van der Waals surface area (Å²) in [4.78, 5) is 4.17. The van der Waals surface area contributed by atoms with Crippen LogP contribution in [-0.4, -0.2) is 18.1 Å². The molecule has 1 aliphatic rings. The zero-order valence-corrected chi connectivity index (χ0v) is 8.75. The maximum Gasteiger partial charge on any atom is 0.127 e. The highest BCUT2D eigenvalue weighted by atomic mass is 15.0. The number of pyridine rings is 1. The minimum Gasteiger partial charge on any atom is -0.382 e. The van der Waals surface area contributed by atoms with E-state index in [0.29, 0.717) is 6.04 Å². The van der Waals surface area contributed by atoms with Gasteiger partial charge in [0.2, 0.25) is 0 Å². The van der Waals surface area contributed by atoms with Crippen LogP contribution in [0.25, 0.3) is 0 Å². The molecule has 1 aromatic heterocycles. The number of nitrogens with one attached hydrogen (secondary N) is 2. The average molecular weight is 191 g/mol. The molecule has 14 heavy (non-hydrogen) atoms. The molecule has 1 heterocycles. The first-order valence-electron chi connectivity index (χ1n) is 5.24. The van der Waals surface area contributed by atoms with Crippen LogP contribution in [0.15, 0.2) is 18.3 Å². The predicted molar refractivity (Wildman–Crippen MR) is 59.6 cm³/mol. The molecule has 0 saturated heterocycles. The molecule has 0 bridgehead atoms. The molecule has 76 valence electrons. The third-order valence-electron chi connectivity index (χ3n) is 2.82. The van der Waals surface area contributed by atoms with E-state index in [2.05, 4.69) is 22.5 Å². The molecule has 0 spiro atoms. The predicted octanol–water partition coefficient (Wildman–Crippen LogP) is 2.33. The lowest BCUT2D eigenvalue weighted by Gasteiger charge is -2.06. The van der Waals surface area contributed by atoms with Gasteiger partial charge < -0.3 is 10.6 Å². The van der Waals surface area contributed by atoms with Crippen LogP contribution in [0.4, 0.5) is 11.5 Å². The zero-order chi connectivity index (χ0) is 9.97. The topological polar surface area (TPSA) is 37.0 Å². The number of rotatable bonds is 4. The van der Waals surface area contributed by atoms with Crippen molar-refractivity contribution in [2.45, 2.75) is 25.8 Å². The fourth-order valence-corrected chi connectivity index (χ4v) is 1.75. The van der Waals surface area contributed by atoms with Crippen LogP contribution in [0.1, 0.15) is 19.8 Å². The average Bonchev–Trinajstić information content (AvgIpc) is 2.97. The highest BCUT2D eigenvalue weighted by molar-refractivity contribution is 5.52. The lowest BCUT2D eigenvalue weighted by atomic mass is 10.3. The molecule has 3 nitrogen and oxygen atoms in total. The number of hydrogen-bond donors (Lipinski definition) is 2. The SMILES string of the molecule is CCC1CC1Nc1ccnc(NC)c1. The molecule has 2 atom stereocenters. The minimum absolute atomic E-state index is 0.687. The summed E-state index contributed by atoms with van der Waals surface area (Å²) in [6, 6.07) is 4.75. The Labute approximate surface area is 84.9 Å². The van der Waals surface area contributed by atoms with Crippen LogP contribution in [0.3, 0.4) is 0 Å². The Balaban J connectivity index is 1.96. The third kappa shape index (κ3) is 1.97. The van der Waals surface area contributed by atoms with Gasteiger partial charge in [-0.25, -0.2) is 4.98 Å². The molecule has 2 N–H and O–H groups in total. The van der Waals surface area contributed by atoms with Gasteiger partial charge in [0, 0.05) is 31.0 Å². The number of aromatic nitrogens is 1. The Morgan fingerprint density at radius 1 is 1.57 bits per heavy atom. The molecule has 1 aromatic rings. The van der Waals surface area contributed by atoms with E-state index in [1.165, 1.54) is 18.5 Å². The van der Waals surface area contributed by atoms with Crippen LogP contribution in [0.2, 0.25) is 0 Å². The second-order valence-electron chi connectivity index (χ2n) is 3.83. The van der Waals surface area contributed by atoms with Gasteiger partial charge in [-0.3, -0.25) is 0 Å². The summed E-state index contributed by atoms with van der Waals surface area (Å²) in [6.45, 7) is 2.25. The van der Waals surface area contributed by atoms with Crippen molar-refractivity contribution in [3.8, 4) is 0 Å². The lowest BCUT2D eigenvalue weighted by Crippen LogP contribution is -2.04. The van der Waals surface area contributed by atoms with Crippen molar-refractivity contribution in [3.05, 3.63) is 18.3 Å². The molecule has 0 aromatic carbocycles. The fourth-order valence-electron chi connectivity index (χ4n) is 1.75. The molecule has 1 aliphatic carbocycles. The summed E-state index contributed by atoms with van der Waals surface area (Å²) >= 11 is 0. The molecule has 0 radical (unpaired) electrons. The fraction of sp³-hybridized carbons (Fsp3) is 0.545. The molecule has 2 rings (SSSR count). The highest BCUT2D eigenvalue weighted by Gasteiger charge is 2.34. The third-order valence-corrected chi connectivity index (χ3v) is 2.82. The smallest absolute Gasteiger partial charge is 0.127 e. The first-order chi connectivity index (χ1) is 6.83. The van der Waals surface area contributed by atoms with Gasteiger partial charge in [-0.15, -0.1) is 0 Å². The van der Waals surface area contributed by atoms with E-state index in [0.717, 1.165) is 11.7 Å². The summed E-state index contributed by atoms with van der Waals surface area (Å²) in [7, 11) is 1.89. The van der Waals surface area contributed by atoms with Gasteiger partial charge >= 0.3 is 0 Å². The van der Waals surface area contributed by atoms with Crippen molar-refractivity contribution in [3.63, 3.8) is 0 Å². The van der Waals surface area contributed by atoms with Gasteiger partial charge in [-0.2, -0.15) is 0 Å². The van der Waals surface area contributed by atoms with Crippen molar-refractivity contribution < 1.29 is 0 Å². The normalized spacial score (nSPS) is 24.4. The second-order valence-corrected chi connectivity index (χ2v) is 3.83. The van der Waals surface area contributed by atoms with Gasteiger partial charge in [0.1, 0.15) is 5.82 Å². The molecule has 1 fully saturated rings. The molecular weight excluding hydrogens is 174 g/mol. The van der Waals surface area contributed by atoms with Gasteiger partial charge in [0.15, 0.2) is 0 Å². The summed E-state index contributed by atoms with van der Waals surface area (Å²) in [5, 5.41) is 6.55. The van der Waals surface area contributed by atoms with Crippen LogP contribution < -0.4 is 10.6 Å². The van der Waals surface area contributed by atoms with Crippen molar-refractivity contribution in [2.24, 2.45) is 5.92 Å². The lowest BCUT2D eigenvalue weighted by molar-refractivity contribution is 0.775. The summed E-state index contributed by atoms with van der Waals surface area (Å²) < 4.78 is 0. The van der Waals surface area contributed by atoms with Gasteiger partial charge in [0.25, 0.3) is 0 Å². The van der Waals surface area contributed by atoms with Crippen molar-refractivity contribution >= 4 is 11.5 Å². The standard InChI is InChI=1S/C11H17N3/c1-3-8-6-10(8)14-9-4-5-13-11(7-9)12-2/h4-5,7-8,10H,3,6H2,1-2H3,(H2,12,13,14). The van der Waals surface area contributed by atoms with E-state index in [1.807, 2.05) is 25.4 Å². The molecule has 0 aliphatic heterocycles. The Morgan fingerprint density at radius 3 is 3.07 bits per heavy atom. The maximum atomic E-state index is 4.17. The molecule has 2 unspecified atom stereocenters. The van der Waals surface area contributed by atoms with Crippen LogP contribution in [0, 0.1) is 5.92 Å².